The first-order valence-corrected chi connectivity index (χ1v) is 18.3. The lowest BCUT2D eigenvalue weighted by molar-refractivity contribution is -0.139. The molecule has 48 heavy (non-hydrogen) atoms. The Kier molecular flexibility index (Phi) is 15.7. The average Bonchev–Trinajstić information content (AvgIpc) is 3.45. The average molecular weight is 683 g/mol. The Morgan fingerprint density at radius 2 is 1.71 bits per heavy atom. The van der Waals surface area contributed by atoms with Crippen LogP contribution in [0.25, 0.3) is 11.1 Å². The summed E-state index contributed by atoms with van der Waals surface area (Å²) in [7, 11) is 0.0391. The standard InChI is InChI=1S/C33H40N2O7S.C4H10O/c1-23-9-7-8-12-28(23)30-17-25(13-14-29(30)32(36)34-31(33(37)38)15-16-43(3,39)40)19-35-20-27(41-2)18-26(35)22-42-21-24-10-5-4-6-11-24;1-3-4-5-2/h4-14,17,26-27,31H,15-16,18-22H2,1-3H3,(H,34,36)(H,37,38);3-4H2,1-2H3/t26-,27-,31?;/m0./s1. The fraction of sp³-hybridized carbons (Fsp3) is 0.459. The van der Waals surface area contributed by atoms with Gasteiger partial charge in [-0.25, -0.2) is 13.2 Å². The van der Waals surface area contributed by atoms with E-state index in [0.29, 0.717) is 30.9 Å². The largest absolute Gasteiger partial charge is 0.480 e. The number of rotatable bonds is 16. The fourth-order valence-corrected chi connectivity index (χ4v) is 6.28. The quantitative estimate of drug-likeness (QED) is 0.211. The molecular weight excluding hydrogens is 632 g/mol. The number of aliphatic carboxylic acids is 1. The second-order valence-corrected chi connectivity index (χ2v) is 14.4. The maximum absolute atomic E-state index is 13.4. The van der Waals surface area contributed by atoms with Gasteiger partial charge in [0.15, 0.2) is 0 Å². The zero-order valence-corrected chi connectivity index (χ0v) is 29.5. The number of carbonyl (C=O) groups is 2. The molecule has 3 aromatic carbocycles. The monoisotopic (exact) mass is 682 g/mol. The predicted octanol–water partition coefficient (Wildman–Crippen LogP) is 5.13. The Morgan fingerprint density at radius 1 is 1.00 bits per heavy atom. The van der Waals surface area contributed by atoms with Gasteiger partial charge in [0.2, 0.25) is 0 Å². The minimum absolute atomic E-state index is 0.0890. The summed E-state index contributed by atoms with van der Waals surface area (Å²) >= 11 is 0. The van der Waals surface area contributed by atoms with Crippen LogP contribution < -0.4 is 5.32 Å². The number of hydrogen-bond donors (Lipinski definition) is 2. The van der Waals surface area contributed by atoms with E-state index in [0.717, 1.165) is 54.5 Å². The molecular formula is C37H50N2O8S. The van der Waals surface area contributed by atoms with Crippen molar-refractivity contribution in [3.05, 3.63) is 95.1 Å². The summed E-state index contributed by atoms with van der Waals surface area (Å²) in [6, 6.07) is 22.2. The van der Waals surface area contributed by atoms with Crippen molar-refractivity contribution in [3.8, 4) is 11.1 Å². The van der Waals surface area contributed by atoms with Gasteiger partial charge in [-0.3, -0.25) is 9.69 Å². The highest BCUT2D eigenvalue weighted by atomic mass is 32.2. The summed E-state index contributed by atoms with van der Waals surface area (Å²) in [6.45, 7) is 7.39. The number of carbonyl (C=O) groups excluding carboxylic acids is 1. The Morgan fingerprint density at radius 3 is 2.31 bits per heavy atom. The highest BCUT2D eigenvalue weighted by Crippen LogP contribution is 2.30. The summed E-state index contributed by atoms with van der Waals surface area (Å²) in [5.41, 5.74) is 4.94. The first-order valence-electron chi connectivity index (χ1n) is 16.2. The van der Waals surface area contributed by atoms with Crippen molar-refractivity contribution in [2.75, 3.05) is 46.0 Å². The van der Waals surface area contributed by atoms with Crippen LogP contribution in [0, 0.1) is 6.92 Å². The van der Waals surface area contributed by atoms with Crippen molar-refractivity contribution in [2.24, 2.45) is 0 Å². The lowest BCUT2D eigenvalue weighted by Gasteiger charge is -2.25. The van der Waals surface area contributed by atoms with E-state index in [4.69, 9.17) is 14.2 Å². The molecule has 0 aromatic heterocycles. The Labute approximate surface area is 285 Å². The van der Waals surface area contributed by atoms with Crippen LogP contribution in [0.4, 0.5) is 0 Å². The third-order valence-electron chi connectivity index (χ3n) is 8.18. The number of benzene rings is 3. The van der Waals surface area contributed by atoms with Gasteiger partial charge in [-0.2, -0.15) is 0 Å². The van der Waals surface area contributed by atoms with Gasteiger partial charge in [0, 0.05) is 51.8 Å². The molecule has 1 amide bonds. The van der Waals surface area contributed by atoms with Crippen LogP contribution in [0.1, 0.15) is 53.2 Å². The summed E-state index contributed by atoms with van der Waals surface area (Å²) in [4.78, 5) is 27.6. The molecule has 1 unspecified atom stereocenters. The number of likely N-dealkylation sites (tertiary alicyclic amines) is 1. The first kappa shape index (κ1) is 38.8. The molecule has 11 heteroatoms. The van der Waals surface area contributed by atoms with E-state index >= 15 is 0 Å². The molecule has 0 spiro atoms. The molecule has 4 rings (SSSR count). The maximum Gasteiger partial charge on any atom is 0.326 e. The number of methoxy groups -OCH3 is 2. The van der Waals surface area contributed by atoms with Crippen molar-refractivity contribution >= 4 is 21.7 Å². The van der Waals surface area contributed by atoms with E-state index in [1.807, 2.05) is 73.7 Å². The number of sulfone groups is 1. The minimum Gasteiger partial charge on any atom is -0.480 e. The number of nitrogens with one attached hydrogen (secondary N) is 1. The van der Waals surface area contributed by atoms with Crippen LogP contribution in [0.2, 0.25) is 0 Å². The summed E-state index contributed by atoms with van der Waals surface area (Å²) in [6.07, 6.45) is 2.88. The number of aryl methyl sites for hydroxylation is 1. The van der Waals surface area contributed by atoms with Crippen molar-refractivity contribution in [3.63, 3.8) is 0 Å². The Bertz CT molecular complexity index is 1560. The topological polar surface area (TPSA) is 131 Å². The Balaban J connectivity index is 0.00000116. The van der Waals surface area contributed by atoms with Gasteiger partial charge in [0.1, 0.15) is 15.9 Å². The zero-order valence-electron chi connectivity index (χ0n) is 28.7. The summed E-state index contributed by atoms with van der Waals surface area (Å²) in [5.74, 6) is -2.20. The van der Waals surface area contributed by atoms with Gasteiger partial charge in [0.25, 0.3) is 5.91 Å². The molecule has 10 nitrogen and oxygen atoms in total. The Hall–Kier alpha value is -3.61. The number of amides is 1. The highest BCUT2D eigenvalue weighted by Gasteiger charge is 2.32. The molecule has 3 atom stereocenters. The molecule has 1 aliphatic heterocycles. The van der Waals surface area contributed by atoms with E-state index in [9.17, 15) is 23.1 Å². The van der Waals surface area contributed by atoms with Crippen molar-refractivity contribution in [1.29, 1.82) is 0 Å². The first-order chi connectivity index (χ1) is 22.9. The van der Waals surface area contributed by atoms with E-state index in [-0.39, 0.29) is 24.3 Å². The third kappa shape index (κ3) is 12.4. The van der Waals surface area contributed by atoms with Crippen LogP contribution >= 0.6 is 0 Å². The van der Waals surface area contributed by atoms with Gasteiger partial charge in [0.05, 0.1) is 25.1 Å². The van der Waals surface area contributed by atoms with E-state index in [1.54, 1.807) is 20.3 Å². The normalized spacial score (nSPS) is 16.9. The second-order valence-electron chi connectivity index (χ2n) is 12.1. The number of nitrogens with zero attached hydrogens (tertiary/aromatic N) is 1. The smallest absolute Gasteiger partial charge is 0.326 e. The van der Waals surface area contributed by atoms with Gasteiger partial charge in [-0.15, -0.1) is 0 Å². The van der Waals surface area contributed by atoms with Crippen molar-refractivity contribution in [2.45, 2.75) is 64.4 Å². The molecule has 1 heterocycles. The van der Waals surface area contributed by atoms with Crippen molar-refractivity contribution in [1.82, 2.24) is 10.2 Å². The van der Waals surface area contributed by atoms with Gasteiger partial charge < -0.3 is 24.6 Å². The molecule has 262 valence electrons. The minimum atomic E-state index is -3.40. The van der Waals surface area contributed by atoms with Crippen LogP contribution in [0.3, 0.4) is 0 Å². The predicted molar refractivity (Wildman–Crippen MR) is 188 cm³/mol. The maximum atomic E-state index is 13.4. The molecule has 0 saturated carbocycles. The molecule has 0 aliphatic carbocycles. The summed E-state index contributed by atoms with van der Waals surface area (Å²) in [5, 5.41) is 12.2. The zero-order chi connectivity index (χ0) is 35.1. The van der Waals surface area contributed by atoms with Crippen LogP contribution in [-0.4, -0.2) is 94.5 Å². The third-order valence-corrected chi connectivity index (χ3v) is 9.16. The molecule has 1 saturated heterocycles. The van der Waals surface area contributed by atoms with Gasteiger partial charge in [-0.05, 0) is 66.1 Å². The van der Waals surface area contributed by atoms with Gasteiger partial charge >= 0.3 is 5.97 Å². The lowest BCUT2D eigenvalue weighted by atomic mass is 9.93. The van der Waals surface area contributed by atoms with Crippen LogP contribution in [0.5, 0.6) is 0 Å². The SMILES string of the molecule is CCCOC.CO[C@H]1C[C@@H](COCc2ccccc2)N(Cc2ccc(C(=O)NC(CCS(C)(=O)=O)C(=O)O)c(-c3ccccc3C)c2)C1. The molecule has 3 aromatic rings. The number of hydrogen-bond acceptors (Lipinski definition) is 8. The molecule has 1 aliphatic rings. The van der Waals surface area contributed by atoms with Crippen LogP contribution in [0.15, 0.2) is 72.8 Å². The summed E-state index contributed by atoms with van der Waals surface area (Å²) < 4.78 is 39.7. The van der Waals surface area contributed by atoms with E-state index in [2.05, 4.69) is 17.1 Å². The van der Waals surface area contributed by atoms with Crippen LogP contribution in [-0.2, 0) is 42.0 Å². The van der Waals surface area contributed by atoms with Gasteiger partial charge in [-0.1, -0.05) is 67.6 Å². The van der Waals surface area contributed by atoms with E-state index < -0.39 is 27.8 Å². The number of ether oxygens (including phenoxy) is 3. The second kappa shape index (κ2) is 19.4. The molecule has 1 fully saturated rings. The molecule has 0 radical (unpaired) electrons. The number of carboxylic acids is 1. The molecule has 2 N–H and O–H groups in total. The van der Waals surface area contributed by atoms with Crippen molar-refractivity contribution < 1.29 is 37.3 Å². The fourth-order valence-electron chi connectivity index (χ4n) is 5.61. The highest BCUT2D eigenvalue weighted by molar-refractivity contribution is 7.90. The molecule has 0 bridgehead atoms. The number of carboxylic acid groups (broad SMARTS) is 1. The lowest BCUT2D eigenvalue weighted by Crippen LogP contribution is -2.42. The van der Waals surface area contributed by atoms with E-state index in [1.165, 1.54) is 0 Å².